The average molecular weight is 415 g/mol. The van der Waals surface area contributed by atoms with E-state index in [4.69, 9.17) is 9.47 Å². The fourth-order valence-electron chi connectivity index (χ4n) is 3.64. The number of benzene rings is 2. The normalized spacial score (nSPS) is 17.0. The molecular weight excluding hydrogens is 384 g/mol. The first-order valence-electron chi connectivity index (χ1n) is 10.1. The van der Waals surface area contributed by atoms with Gasteiger partial charge in [-0.1, -0.05) is 24.3 Å². The summed E-state index contributed by atoms with van der Waals surface area (Å²) in [5.41, 5.74) is 1.35. The van der Waals surface area contributed by atoms with Crippen LogP contribution in [0.4, 0.5) is 0 Å². The van der Waals surface area contributed by atoms with Crippen molar-refractivity contribution in [1.82, 2.24) is 10.2 Å². The monoisotopic (exact) mass is 414 g/mol. The Morgan fingerprint density at radius 3 is 2.66 bits per heavy atom. The maximum absolute atomic E-state index is 12.2. The van der Waals surface area contributed by atoms with E-state index in [0.29, 0.717) is 24.0 Å². The number of nitrogens with one attached hydrogen (secondary N) is 1. The van der Waals surface area contributed by atoms with Gasteiger partial charge in [0.15, 0.2) is 18.1 Å². The lowest BCUT2D eigenvalue weighted by atomic mass is 9.97. The summed E-state index contributed by atoms with van der Waals surface area (Å²) in [6.07, 6.45) is 4.41. The number of methoxy groups -OCH3 is 1. The Labute approximate surface area is 177 Å². The first kappa shape index (κ1) is 21.5. The largest absolute Gasteiger partial charge is 0.493 e. The number of para-hydroxylation sites is 2. The number of nitrogens with zero attached hydrogens (tertiary/aromatic N) is 1. The Kier molecular flexibility index (Phi) is 8.25. The SMILES string of the molecule is COc1ccccc1OCC(=O)NCC1CCCN(Cc2ccc(SC)cc2)C1. The number of ether oxygens (including phenoxy) is 2. The minimum Gasteiger partial charge on any atom is -0.493 e. The fourth-order valence-corrected chi connectivity index (χ4v) is 4.05. The molecule has 0 spiro atoms. The van der Waals surface area contributed by atoms with Crippen LogP contribution in [0.5, 0.6) is 11.5 Å². The van der Waals surface area contributed by atoms with Gasteiger partial charge in [-0.25, -0.2) is 0 Å². The molecule has 0 radical (unpaired) electrons. The second-order valence-corrected chi connectivity index (χ2v) is 8.21. The molecular formula is C23H30N2O3S. The van der Waals surface area contributed by atoms with Crippen molar-refractivity contribution < 1.29 is 14.3 Å². The second kappa shape index (κ2) is 11.1. The molecule has 5 nitrogen and oxygen atoms in total. The molecule has 1 amide bonds. The number of hydrogen-bond acceptors (Lipinski definition) is 5. The van der Waals surface area contributed by atoms with Crippen molar-refractivity contribution in [2.45, 2.75) is 24.3 Å². The number of carbonyl (C=O) groups excluding carboxylic acids is 1. The molecule has 1 fully saturated rings. The van der Waals surface area contributed by atoms with E-state index in [9.17, 15) is 4.79 Å². The summed E-state index contributed by atoms with van der Waals surface area (Å²) in [4.78, 5) is 16.0. The van der Waals surface area contributed by atoms with Crippen LogP contribution in [0.3, 0.4) is 0 Å². The number of carbonyl (C=O) groups is 1. The van der Waals surface area contributed by atoms with Crippen LogP contribution in [0.25, 0.3) is 0 Å². The summed E-state index contributed by atoms with van der Waals surface area (Å²) in [5.74, 6) is 1.60. The third-order valence-corrected chi connectivity index (χ3v) is 5.93. The summed E-state index contributed by atoms with van der Waals surface area (Å²) in [6, 6.07) is 16.2. The molecule has 2 aromatic carbocycles. The van der Waals surface area contributed by atoms with Crippen LogP contribution >= 0.6 is 11.8 Å². The predicted octanol–water partition coefficient (Wildman–Crippen LogP) is 3.82. The number of amides is 1. The molecule has 29 heavy (non-hydrogen) atoms. The third kappa shape index (κ3) is 6.68. The van der Waals surface area contributed by atoms with Crippen LogP contribution in [-0.2, 0) is 11.3 Å². The minimum atomic E-state index is -0.0966. The van der Waals surface area contributed by atoms with Crippen molar-refractivity contribution >= 4 is 17.7 Å². The molecule has 1 unspecified atom stereocenters. The van der Waals surface area contributed by atoms with Crippen LogP contribution in [0.1, 0.15) is 18.4 Å². The summed E-state index contributed by atoms with van der Waals surface area (Å²) < 4.78 is 10.8. The molecule has 1 atom stereocenters. The second-order valence-electron chi connectivity index (χ2n) is 7.34. The molecule has 2 aromatic rings. The van der Waals surface area contributed by atoms with Crippen molar-refractivity contribution in [2.24, 2.45) is 5.92 Å². The maximum Gasteiger partial charge on any atom is 0.257 e. The van der Waals surface area contributed by atoms with Crippen LogP contribution < -0.4 is 14.8 Å². The van der Waals surface area contributed by atoms with Crippen LogP contribution in [0.2, 0.25) is 0 Å². The average Bonchev–Trinajstić information content (AvgIpc) is 2.77. The van der Waals surface area contributed by atoms with Crippen molar-refractivity contribution in [2.75, 3.05) is 39.6 Å². The molecule has 0 aliphatic carbocycles. The maximum atomic E-state index is 12.2. The quantitative estimate of drug-likeness (QED) is 0.632. The van der Waals surface area contributed by atoms with Crippen molar-refractivity contribution in [3.05, 3.63) is 54.1 Å². The van der Waals surface area contributed by atoms with Crippen molar-refractivity contribution in [3.63, 3.8) is 0 Å². The summed E-state index contributed by atoms with van der Waals surface area (Å²) in [5, 5.41) is 3.03. The van der Waals surface area contributed by atoms with Crippen LogP contribution in [-0.4, -0.2) is 50.4 Å². The molecule has 0 bridgehead atoms. The number of likely N-dealkylation sites (tertiary alicyclic amines) is 1. The Bertz CT molecular complexity index is 782. The van der Waals surface area contributed by atoms with E-state index in [1.807, 2.05) is 18.2 Å². The highest BCUT2D eigenvalue weighted by atomic mass is 32.2. The molecule has 1 N–H and O–H groups in total. The van der Waals surface area contributed by atoms with Gasteiger partial charge in [-0.2, -0.15) is 0 Å². The molecule has 1 aliphatic heterocycles. The first-order chi connectivity index (χ1) is 14.2. The Morgan fingerprint density at radius 1 is 1.17 bits per heavy atom. The lowest BCUT2D eigenvalue weighted by Crippen LogP contribution is -2.41. The van der Waals surface area contributed by atoms with Crippen LogP contribution in [0.15, 0.2) is 53.4 Å². The molecule has 1 heterocycles. The molecule has 3 rings (SSSR count). The highest BCUT2D eigenvalue weighted by Crippen LogP contribution is 2.25. The number of thioether (sulfide) groups is 1. The van der Waals surface area contributed by atoms with Gasteiger partial charge in [0.2, 0.25) is 0 Å². The zero-order chi connectivity index (χ0) is 20.5. The van der Waals surface area contributed by atoms with Gasteiger partial charge < -0.3 is 14.8 Å². The topological polar surface area (TPSA) is 50.8 Å². The van der Waals surface area contributed by atoms with Crippen molar-refractivity contribution in [1.29, 1.82) is 0 Å². The molecule has 1 aliphatic rings. The molecule has 1 saturated heterocycles. The third-order valence-electron chi connectivity index (χ3n) is 5.18. The summed E-state index contributed by atoms with van der Waals surface area (Å²) >= 11 is 1.77. The van der Waals surface area contributed by atoms with Gasteiger partial charge in [-0.3, -0.25) is 9.69 Å². The first-order valence-corrected chi connectivity index (χ1v) is 11.3. The predicted molar refractivity (Wildman–Crippen MR) is 118 cm³/mol. The molecule has 156 valence electrons. The van der Waals surface area contributed by atoms with Crippen molar-refractivity contribution in [3.8, 4) is 11.5 Å². The van der Waals surface area contributed by atoms with E-state index < -0.39 is 0 Å². The zero-order valence-electron chi connectivity index (χ0n) is 17.2. The van der Waals surface area contributed by atoms with E-state index in [1.165, 1.54) is 16.9 Å². The Hall–Kier alpha value is -2.18. The Balaban J connectivity index is 1.41. The van der Waals surface area contributed by atoms with Gasteiger partial charge in [0.25, 0.3) is 5.91 Å². The minimum absolute atomic E-state index is 0.00139. The fraction of sp³-hybridized carbons (Fsp3) is 0.435. The van der Waals surface area contributed by atoms with E-state index in [2.05, 4.69) is 40.7 Å². The van der Waals surface area contributed by atoms with E-state index in [-0.39, 0.29) is 12.5 Å². The Morgan fingerprint density at radius 2 is 1.93 bits per heavy atom. The molecule has 0 aromatic heterocycles. The smallest absolute Gasteiger partial charge is 0.257 e. The lowest BCUT2D eigenvalue weighted by molar-refractivity contribution is -0.123. The lowest BCUT2D eigenvalue weighted by Gasteiger charge is -2.32. The van der Waals surface area contributed by atoms with Gasteiger partial charge in [-0.05, 0) is 61.4 Å². The molecule has 0 saturated carbocycles. The summed E-state index contributed by atoms with van der Waals surface area (Å²) in [6.45, 7) is 3.79. The number of hydrogen-bond donors (Lipinski definition) is 1. The van der Waals surface area contributed by atoms with E-state index in [1.54, 1.807) is 24.9 Å². The van der Waals surface area contributed by atoms with Gasteiger partial charge in [0, 0.05) is 24.5 Å². The highest BCUT2D eigenvalue weighted by molar-refractivity contribution is 7.98. The van der Waals surface area contributed by atoms with Gasteiger partial charge in [0.1, 0.15) is 0 Å². The van der Waals surface area contributed by atoms with E-state index in [0.717, 1.165) is 26.1 Å². The van der Waals surface area contributed by atoms with Crippen LogP contribution in [0, 0.1) is 5.92 Å². The zero-order valence-corrected chi connectivity index (χ0v) is 18.0. The number of rotatable bonds is 9. The number of piperidine rings is 1. The molecule has 6 heteroatoms. The van der Waals surface area contributed by atoms with Gasteiger partial charge in [-0.15, -0.1) is 11.8 Å². The highest BCUT2D eigenvalue weighted by Gasteiger charge is 2.20. The van der Waals surface area contributed by atoms with E-state index >= 15 is 0 Å². The van der Waals surface area contributed by atoms with Gasteiger partial charge >= 0.3 is 0 Å². The van der Waals surface area contributed by atoms with Gasteiger partial charge in [0.05, 0.1) is 7.11 Å². The standard InChI is InChI=1S/C23H30N2O3S/c1-27-21-7-3-4-8-22(21)28-17-23(26)24-14-19-6-5-13-25(16-19)15-18-9-11-20(29-2)12-10-18/h3-4,7-12,19H,5-6,13-17H2,1-2H3,(H,24,26). The summed E-state index contributed by atoms with van der Waals surface area (Å²) in [7, 11) is 1.59.